The Hall–Kier alpha value is -8.34. The monoisotopic (exact) mass is 1200 g/mol. The Kier molecular flexibility index (Phi) is 12.0. The van der Waals surface area contributed by atoms with Crippen LogP contribution in [-0.4, -0.2) is 6.85 Å². The van der Waals surface area contributed by atoms with Crippen molar-refractivity contribution in [2.75, 3.05) is 14.6 Å². The molecular weight excluding hydrogens is 1110 g/mol. The smallest absolute Gasteiger partial charge is 0.333 e. The molecule has 0 radical (unpaired) electrons. The molecule has 4 heteroatoms. The molecular formula is C88H88BN3. The normalized spacial score (nSPS) is 19.1. The summed E-state index contributed by atoms with van der Waals surface area (Å²) in [6.45, 7) is 36.4. The Morgan fingerprint density at radius 3 is 1.38 bits per heavy atom. The zero-order chi connectivity index (χ0) is 63.7. The summed E-state index contributed by atoms with van der Waals surface area (Å²) in [5, 5.41) is 0. The highest BCUT2D eigenvalue weighted by Gasteiger charge is 2.56. The van der Waals surface area contributed by atoms with E-state index in [-0.39, 0.29) is 39.3 Å². The van der Waals surface area contributed by atoms with Crippen LogP contribution in [-0.2, 0) is 37.9 Å². The van der Waals surface area contributed by atoms with Crippen molar-refractivity contribution >= 4 is 63.3 Å². The van der Waals surface area contributed by atoms with E-state index in [2.05, 4.69) is 307 Å². The third-order valence-electron chi connectivity index (χ3n) is 24.5. The number of hydrogen-bond acceptors (Lipinski definition) is 3. The second kappa shape index (κ2) is 19.2. The van der Waals surface area contributed by atoms with Crippen LogP contribution in [0.25, 0.3) is 33.4 Å². The molecule has 1 spiro atoms. The molecule has 17 rings (SSSR count). The van der Waals surface area contributed by atoms with Crippen LogP contribution in [0.5, 0.6) is 0 Å². The van der Waals surface area contributed by atoms with E-state index in [1.54, 1.807) is 0 Å². The van der Waals surface area contributed by atoms with Crippen LogP contribution in [0.3, 0.4) is 0 Å². The van der Waals surface area contributed by atoms with Gasteiger partial charge < -0.3 is 14.6 Å². The number of nitrogens with zero attached hydrogens (tertiary/aromatic N) is 3. The Morgan fingerprint density at radius 2 is 0.815 bits per heavy atom. The fourth-order valence-corrected chi connectivity index (χ4v) is 19.3. The van der Waals surface area contributed by atoms with Crippen molar-refractivity contribution in [1.29, 1.82) is 0 Å². The molecule has 7 aliphatic rings. The molecule has 3 heterocycles. The van der Waals surface area contributed by atoms with Crippen LogP contribution in [0.2, 0.25) is 0 Å². The molecule has 0 unspecified atom stereocenters. The fraction of sp³-hybridized carbons (Fsp3) is 0.318. The number of benzene rings is 10. The van der Waals surface area contributed by atoms with Crippen LogP contribution in [0, 0.1) is 20.8 Å². The van der Waals surface area contributed by atoms with Gasteiger partial charge in [-0.15, -0.1) is 0 Å². The summed E-state index contributed by atoms with van der Waals surface area (Å²) in [4.78, 5) is 8.18. The van der Waals surface area contributed by atoms with Gasteiger partial charge in [0.05, 0.1) is 11.1 Å². The molecule has 0 bridgehead atoms. The van der Waals surface area contributed by atoms with Gasteiger partial charge in [0.2, 0.25) is 0 Å². The maximum Gasteiger partial charge on any atom is 0.333 e. The first-order chi connectivity index (χ1) is 43.8. The molecule has 0 fully saturated rings. The minimum Gasteiger partial charge on any atom is -0.376 e. The average Bonchev–Trinajstić information content (AvgIpc) is 1.23. The number of aryl methyl sites for hydroxylation is 3. The number of fused-ring (bicyclic) bond motifs is 16. The molecule has 0 N–H and O–H groups in total. The molecule has 458 valence electrons. The standard InChI is InChI=1S/C88H88BN3/c1-53-45-54(2)79(55(3)46-53)56-47-64-63-49-57(90(58-31-35-67-72(50-58)85(10,11)42-39-82(67,4)5)59-32-36-68-73(51-59)86(12,13)43-40-83(68,6)7)34-38-76(63)92(60-33-37-69-74(52-60)87(14,15)44-41-84(69,8)9)89-75-29-22-28-71-81(75)91(78(48-56)80(64)89)77-30-21-20-27-70(77)88(71)65-25-18-16-23-61(65)62-24-17-19-26-66(62)88/h16-38,45-52H,39-44H2,1-15H3. The summed E-state index contributed by atoms with van der Waals surface area (Å²) in [5.41, 5.74) is 38.1. The second-order valence-electron chi connectivity index (χ2n) is 33.0. The van der Waals surface area contributed by atoms with E-state index < -0.39 is 5.41 Å². The third-order valence-corrected chi connectivity index (χ3v) is 24.5. The second-order valence-corrected chi connectivity index (χ2v) is 33.0. The van der Waals surface area contributed by atoms with Crippen molar-refractivity contribution in [1.82, 2.24) is 0 Å². The summed E-state index contributed by atoms with van der Waals surface area (Å²) in [6.07, 6.45) is 6.97. The fourth-order valence-electron chi connectivity index (χ4n) is 19.3. The molecule has 10 aromatic carbocycles. The van der Waals surface area contributed by atoms with Gasteiger partial charge in [-0.05, 0) is 270 Å². The topological polar surface area (TPSA) is 9.72 Å². The Labute approximate surface area is 548 Å². The Bertz CT molecular complexity index is 4700. The molecule has 10 aromatic rings. The van der Waals surface area contributed by atoms with Gasteiger partial charge in [-0.2, -0.15) is 0 Å². The predicted molar refractivity (Wildman–Crippen MR) is 391 cm³/mol. The first-order valence-electron chi connectivity index (χ1n) is 34.5. The lowest BCUT2D eigenvalue weighted by Crippen LogP contribution is -2.62. The summed E-state index contributed by atoms with van der Waals surface area (Å²) in [7, 11) is 0. The highest BCUT2D eigenvalue weighted by molar-refractivity contribution is 6.93. The minimum absolute atomic E-state index is 0.00248. The average molecular weight is 1200 g/mol. The molecule has 3 nitrogen and oxygen atoms in total. The van der Waals surface area contributed by atoms with E-state index in [0.717, 1.165) is 19.3 Å². The highest BCUT2D eigenvalue weighted by atomic mass is 15.2. The van der Waals surface area contributed by atoms with Crippen LogP contribution in [0.1, 0.15) is 194 Å². The van der Waals surface area contributed by atoms with Crippen molar-refractivity contribution in [2.24, 2.45) is 0 Å². The number of para-hydroxylation sites is 2. The summed E-state index contributed by atoms with van der Waals surface area (Å²) < 4.78 is 0. The van der Waals surface area contributed by atoms with E-state index in [1.807, 2.05) is 0 Å². The summed E-state index contributed by atoms with van der Waals surface area (Å²) in [5.74, 6) is 0. The molecule has 0 atom stereocenters. The molecule has 0 saturated carbocycles. The lowest BCUT2D eigenvalue weighted by molar-refractivity contribution is 0.332. The van der Waals surface area contributed by atoms with Gasteiger partial charge in [-0.25, -0.2) is 0 Å². The number of rotatable bonds is 5. The van der Waals surface area contributed by atoms with Crippen molar-refractivity contribution in [3.05, 3.63) is 260 Å². The van der Waals surface area contributed by atoms with Gasteiger partial charge in [0, 0.05) is 45.4 Å². The van der Waals surface area contributed by atoms with Crippen LogP contribution in [0.4, 0.5) is 45.5 Å². The van der Waals surface area contributed by atoms with E-state index in [9.17, 15) is 0 Å². The molecule has 3 aliphatic heterocycles. The lowest BCUT2D eigenvalue weighted by Gasteiger charge is -2.52. The van der Waals surface area contributed by atoms with Gasteiger partial charge in [0.25, 0.3) is 0 Å². The summed E-state index contributed by atoms with van der Waals surface area (Å²) >= 11 is 0. The molecule has 0 aromatic heterocycles. The Morgan fingerprint density at radius 1 is 0.348 bits per heavy atom. The molecule has 4 aliphatic carbocycles. The van der Waals surface area contributed by atoms with Gasteiger partial charge in [-0.1, -0.05) is 204 Å². The van der Waals surface area contributed by atoms with Gasteiger partial charge in [-0.3, -0.25) is 0 Å². The van der Waals surface area contributed by atoms with Crippen LogP contribution in [0.15, 0.2) is 188 Å². The summed E-state index contributed by atoms with van der Waals surface area (Å²) in [6, 6.07) is 75.8. The van der Waals surface area contributed by atoms with Crippen molar-refractivity contribution in [3.63, 3.8) is 0 Å². The van der Waals surface area contributed by atoms with E-state index in [1.165, 1.54) is 181 Å². The highest BCUT2D eigenvalue weighted by Crippen LogP contribution is 2.65. The van der Waals surface area contributed by atoms with E-state index in [4.69, 9.17) is 0 Å². The quantitative estimate of drug-likeness (QED) is 0.159. The SMILES string of the molecule is Cc1cc(C)c(-c2cc3c4c(c2)N2c5ccccc5C5(c6ccccc6-c6ccccc65)c5cccc(c52)B4N(c2ccc4c(c2)C(C)(C)CCC4(C)C)c2ccc(N(c4ccc5c(c4)C(C)(C)CCC5(C)C)c4ccc5c(c4)C(C)(C)CCC5(C)C)cc2-3)c(C)c1. The first kappa shape index (κ1) is 57.6. The van der Waals surface area contributed by atoms with E-state index >= 15 is 0 Å². The van der Waals surface area contributed by atoms with Gasteiger partial charge >= 0.3 is 6.85 Å². The van der Waals surface area contributed by atoms with Crippen LogP contribution >= 0.6 is 0 Å². The third kappa shape index (κ3) is 7.88. The molecule has 0 amide bonds. The van der Waals surface area contributed by atoms with Crippen molar-refractivity contribution in [3.8, 4) is 33.4 Å². The minimum atomic E-state index is -0.561. The lowest BCUT2D eigenvalue weighted by atomic mass is 9.42. The van der Waals surface area contributed by atoms with Gasteiger partial charge in [0.1, 0.15) is 0 Å². The predicted octanol–water partition coefficient (Wildman–Crippen LogP) is 22.2. The number of hydrogen-bond donors (Lipinski definition) is 0. The maximum atomic E-state index is 2.80. The maximum absolute atomic E-state index is 2.80. The molecule has 92 heavy (non-hydrogen) atoms. The van der Waals surface area contributed by atoms with Crippen molar-refractivity contribution in [2.45, 2.75) is 180 Å². The van der Waals surface area contributed by atoms with Crippen molar-refractivity contribution < 1.29 is 0 Å². The van der Waals surface area contributed by atoms with Crippen LogP contribution < -0.4 is 25.5 Å². The largest absolute Gasteiger partial charge is 0.376 e. The van der Waals surface area contributed by atoms with E-state index in [0.29, 0.717) is 0 Å². The van der Waals surface area contributed by atoms with Gasteiger partial charge in [0.15, 0.2) is 0 Å². The Balaban J connectivity index is 0.994. The first-order valence-corrected chi connectivity index (χ1v) is 34.5. The number of anilines is 8. The zero-order valence-electron chi connectivity index (χ0n) is 57.1. The zero-order valence-corrected chi connectivity index (χ0v) is 57.1. The molecule has 0 saturated heterocycles.